The average Bonchev–Trinajstić information content (AvgIpc) is 2.67. The topological polar surface area (TPSA) is 76.7 Å². The van der Waals surface area contributed by atoms with E-state index in [9.17, 15) is 9.59 Å². The van der Waals surface area contributed by atoms with Crippen LogP contribution in [0.5, 0.6) is 11.5 Å². The number of anilines is 1. The van der Waals surface area contributed by atoms with Crippen LogP contribution in [0.1, 0.15) is 41.0 Å². The van der Waals surface area contributed by atoms with Crippen LogP contribution in [-0.2, 0) is 0 Å². The molecule has 6 heteroatoms. The number of rotatable bonds is 7. The van der Waals surface area contributed by atoms with E-state index < -0.39 is 0 Å². The highest BCUT2D eigenvalue weighted by molar-refractivity contribution is 6.05. The van der Waals surface area contributed by atoms with Gasteiger partial charge in [-0.3, -0.25) is 9.59 Å². The van der Waals surface area contributed by atoms with Crippen LogP contribution >= 0.6 is 0 Å². The number of carbonyl (C=O) groups is 2. The second kappa shape index (κ2) is 8.89. The molecule has 0 radical (unpaired) electrons. The summed E-state index contributed by atoms with van der Waals surface area (Å²) in [5.74, 6) is 0.688. The SMILES string of the molecule is CCC(C)NC(=O)c1ccc(C(=O)Nc2cc(OC)ccc2OC)cc1. The van der Waals surface area contributed by atoms with Crippen molar-refractivity contribution in [3.63, 3.8) is 0 Å². The molecule has 26 heavy (non-hydrogen) atoms. The maximum absolute atomic E-state index is 12.5. The van der Waals surface area contributed by atoms with Crippen LogP contribution in [0, 0.1) is 0 Å². The molecule has 0 fully saturated rings. The summed E-state index contributed by atoms with van der Waals surface area (Å²) in [5, 5.41) is 5.69. The predicted octanol–water partition coefficient (Wildman–Crippen LogP) is 3.48. The van der Waals surface area contributed by atoms with Gasteiger partial charge in [0, 0.05) is 23.2 Å². The Morgan fingerprint density at radius 2 is 1.58 bits per heavy atom. The number of amides is 2. The van der Waals surface area contributed by atoms with Crippen LogP contribution < -0.4 is 20.1 Å². The summed E-state index contributed by atoms with van der Waals surface area (Å²) in [6.07, 6.45) is 0.856. The van der Waals surface area contributed by atoms with E-state index in [1.54, 1.807) is 49.6 Å². The molecule has 6 nitrogen and oxygen atoms in total. The number of benzene rings is 2. The molecule has 138 valence electrons. The molecule has 1 unspecified atom stereocenters. The number of methoxy groups -OCH3 is 2. The van der Waals surface area contributed by atoms with Crippen LogP contribution in [0.2, 0.25) is 0 Å². The second-order valence-electron chi connectivity index (χ2n) is 5.88. The minimum absolute atomic E-state index is 0.103. The van der Waals surface area contributed by atoms with Crippen molar-refractivity contribution in [3.05, 3.63) is 53.6 Å². The Bertz CT molecular complexity index is 772. The lowest BCUT2D eigenvalue weighted by atomic mass is 10.1. The van der Waals surface area contributed by atoms with Crippen LogP contribution in [0.15, 0.2) is 42.5 Å². The van der Waals surface area contributed by atoms with Crippen LogP contribution in [0.3, 0.4) is 0 Å². The summed E-state index contributed by atoms with van der Waals surface area (Å²) >= 11 is 0. The molecule has 0 saturated heterocycles. The lowest BCUT2D eigenvalue weighted by Crippen LogP contribution is -2.31. The van der Waals surface area contributed by atoms with E-state index in [1.807, 2.05) is 13.8 Å². The van der Waals surface area contributed by atoms with E-state index in [0.717, 1.165) is 6.42 Å². The zero-order valence-corrected chi connectivity index (χ0v) is 15.5. The van der Waals surface area contributed by atoms with Gasteiger partial charge in [0.1, 0.15) is 11.5 Å². The molecule has 2 N–H and O–H groups in total. The Hall–Kier alpha value is -3.02. The Kier molecular flexibility index (Phi) is 6.60. The molecule has 0 saturated carbocycles. The molecule has 2 aromatic rings. The number of nitrogens with one attached hydrogen (secondary N) is 2. The van der Waals surface area contributed by atoms with E-state index in [1.165, 1.54) is 7.11 Å². The van der Waals surface area contributed by atoms with E-state index in [2.05, 4.69) is 10.6 Å². The van der Waals surface area contributed by atoms with Crippen molar-refractivity contribution in [2.24, 2.45) is 0 Å². The van der Waals surface area contributed by atoms with Crippen LogP contribution in [0.25, 0.3) is 0 Å². The summed E-state index contributed by atoms with van der Waals surface area (Å²) in [6, 6.07) is 11.8. The van der Waals surface area contributed by atoms with Gasteiger partial charge in [-0.2, -0.15) is 0 Å². The van der Waals surface area contributed by atoms with E-state index in [-0.39, 0.29) is 17.9 Å². The largest absolute Gasteiger partial charge is 0.497 e. The maximum Gasteiger partial charge on any atom is 0.255 e. The molecule has 1 atom stereocenters. The van der Waals surface area contributed by atoms with Crippen molar-refractivity contribution >= 4 is 17.5 Å². The zero-order valence-electron chi connectivity index (χ0n) is 15.5. The average molecular weight is 356 g/mol. The Balaban J connectivity index is 2.12. The van der Waals surface area contributed by atoms with Crippen molar-refractivity contribution in [2.75, 3.05) is 19.5 Å². The van der Waals surface area contributed by atoms with Gasteiger partial charge < -0.3 is 20.1 Å². The molecule has 2 aromatic carbocycles. The molecule has 2 rings (SSSR count). The summed E-state index contributed by atoms with van der Waals surface area (Å²) in [4.78, 5) is 24.6. The third-order valence-corrected chi connectivity index (χ3v) is 4.05. The van der Waals surface area contributed by atoms with Crippen molar-refractivity contribution in [3.8, 4) is 11.5 Å². The van der Waals surface area contributed by atoms with Crippen molar-refractivity contribution < 1.29 is 19.1 Å². The molecule has 0 bridgehead atoms. The Morgan fingerprint density at radius 3 is 2.12 bits per heavy atom. The molecule has 0 heterocycles. The summed E-state index contributed by atoms with van der Waals surface area (Å²) < 4.78 is 10.4. The van der Waals surface area contributed by atoms with Gasteiger partial charge >= 0.3 is 0 Å². The molecule has 0 aliphatic rings. The first-order valence-corrected chi connectivity index (χ1v) is 8.42. The van der Waals surface area contributed by atoms with Crippen molar-refractivity contribution in [2.45, 2.75) is 26.3 Å². The first-order valence-electron chi connectivity index (χ1n) is 8.42. The normalized spacial score (nSPS) is 11.4. The third kappa shape index (κ3) is 4.75. The lowest BCUT2D eigenvalue weighted by Gasteiger charge is -2.13. The third-order valence-electron chi connectivity index (χ3n) is 4.05. The molecule has 0 aliphatic carbocycles. The number of carbonyl (C=O) groups excluding carboxylic acids is 2. The van der Waals surface area contributed by atoms with Gasteiger partial charge in [0.2, 0.25) is 0 Å². The fraction of sp³-hybridized carbons (Fsp3) is 0.300. The fourth-order valence-corrected chi connectivity index (χ4v) is 2.29. The van der Waals surface area contributed by atoms with E-state index >= 15 is 0 Å². The first kappa shape index (κ1) is 19.3. The van der Waals surface area contributed by atoms with E-state index in [4.69, 9.17) is 9.47 Å². The molecule has 0 aromatic heterocycles. The Labute approximate surface area is 153 Å². The van der Waals surface area contributed by atoms with Crippen LogP contribution in [0.4, 0.5) is 5.69 Å². The molecule has 2 amide bonds. The molecular weight excluding hydrogens is 332 g/mol. The predicted molar refractivity (Wildman–Crippen MR) is 101 cm³/mol. The minimum Gasteiger partial charge on any atom is -0.497 e. The number of hydrogen-bond acceptors (Lipinski definition) is 4. The second-order valence-corrected chi connectivity index (χ2v) is 5.88. The quantitative estimate of drug-likeness (QED) is 0.796. The van der Waals surface area contributed by atoms with Crippen molar-refractivity contribution in [1.82, 2.24) is 5.32 Å². The summed E-state index contributed by atoms with van der Waals surface area (Å²) in [5.41, 5.74) is 1.46. The monoisotopic (exact) mass is 356 g/mol. The smallest absolute Gasteiger partial charge is 0.255 e. The van der Waals surface area contributed by atoms with Gasteiger partial charge in [0.15, 0.2) is 0 Å². The highest BCUT2D eigenvalue weighted by Crippen LogP contribution is 2.29. The summed E-state index contributed by atoms with van der Waals surface area (Å²) in [6.45, 7) is 3.95. The highest BCUT2D eigenvalue weighted by atomic mass is 16.5. The van der Waals surface area contributed by atoms with E-state index in [0.29, 0.717) is 28.3 Å². The van der Waals surface area contributed by atoms with Gasteiger partial charge in [0.05, 0.1) is 19.9 Å². The van der Waals surface area contributed by atoms with Gasteiger partial charge in [0.25, 0.3) is 11.8 Å². The maximum atomic E-state index is 12.5. The van der Waals surface area contributed by atoms with Gasteiger partial charge in [-0.1, -0.05) is 6.92 Å². The lowest BCUT2D eigenvalue weighted by molar-refractivity contribution is 0.0937. The van der Waals surface area contributed by atoms with Crippen molar-refractivity contribution in [1.29, 1.82) is 0 Å². The summed E-state index contributed by atoms with van der Waals surface area (Å²) in [7, 11) is 3.08. The van der Waals surface area contributed by atoms with Gasteiger partial charge in [-0.25, -0.2) is 0 Å². The molecule has 0 aliphatic heterocycles. The molecule has 0 spiro atoms. The number of ether oxygens (including phenoxy) is 2. The fourth-order valence-electron chi connectivity index (χ4n) is 2.29. The first-order chi connectivity index (χ1) is 12.5. The standard InChI is InChI=1S/C20H24N2O4/c1-5-13(2)21-19(23)14-6-8-15(9-7-14)20(24)22-17-12-16(25-3)10-11-18(17)26-4/h6-13H,5H2,1-4H3,(H,21,23)(H,22,24). The molecular formula is C20H24N2O4. The number of hydrogen-bond donors (Lipinski definition) is 2. The minimum atomic E-state index is -0.301. The van der Waals surface area contributed by atoms with Gasteiger partial charge in [-0.15, -0.1) is 0 Å². The Morgan fingerprint density at radius 1 is 0.962 bits per heavy atom. The zero-order chi connectivity index (χ0) is 19.1. The highest BCUT2D eigenvalue weighted by Gasteiger charge is 2.13. The van der Waals surface area contributed by atoms with Crippen LogP contribution in [-0.4, -0.2) is 32.1 Å². The van der Waals surface area contributed by atoms with Gasteiger partial charge in [-0.05, 0) is 49.7 Å².